The zero-order valence-corrected chi connectivity index (χ0v) is 22.3. The summed E-state index contributed by atoms with van der Waals surface area (Å²) in [5.41, 5.74) is 0. The Hall–Kier alpha value is -0.560. The van der Waals surface area contributed by atoms with Gasteiger partial charge in [0.05, 0.1) is 30.9 Å². The SMILES string of the molecule is CNCC1OC(OC2C(NC)CC(NC)C(OC3OC(CO)C(O)C(NC)C3O)C2O)C(NC)CC1O. The normalized spacial score (nSPS) is 47.2. The molecule has 10 N–H and O–H groups in total. The second kappa shape index (κ2) is 14.2. The minimum Gasteiger partial charge on any atom is -0.394 e. The Balaban J connectivity index is 1.80. The summed E-state index contributed by atoms with van der Waals surface area (Å²) >= 11 is 0. The fraction of sp³-hybridized carbons (Fsp3) is 1.00. The number of ether oxygens (including phenoxy) is 4. The topological polar surface area (TPSA) is 198 Å². The first-order valence-corrected chi connectivity index (χ1v) is 13.0. The first kappa shape index (κ1) is 31.0. The average Bonchev–Trinajstić information content (AvgIpc) is 2.89. The largest absolute Gasteiger partial charge is 0.394 e. The van der Waals surface area contributed by atoms with Crippen molar-refractivity contribution in [2.24, 2.45) is 0 Å². The molecule has 3 aliphatic rings. The van der Waals surface area contributed by atoms with Gasteiger partial charge in [-0.3, -0.25) is 0 Å². The van der Waals surface area contributed by atoms with Crippen molar-refractivity contribution in [3.8, 4) is 0 Å². The van der Waals surface area contributed by atoms with Crippen LogP contribution >= 0.6 is 0 Å². The molecule has 0 radical (unpaired) electrons. The van der Waals surface area contributed by atoms with Crippen LogP contribution in [-0.4, -0.2) is 160 Å². The van der Waals surface area contributed by atoms with Crippen LogP contribution in [0, 0.1) is 0 Å². The zero-order chi connectivity index (χ0) is 27.3. The lowest BCUT2D eigenvalue weighted by Crippen LogP contribution is -2.69. The van der Waals surface area contributed by atoms with Crippen molar-refractivity contribution in [2.75, 3.05) is 48.4 Å². The van der Waals surface area contributed by atoms with Gasteiger partial charge in [0.1, 0.15) is 36.6 Å². The molecule has 2 heterocycles. The van der Waals surface area contributed by atoms with E-state index in [0.717, 1.165) is 0 Å². The number of hydrogen-bond acceptors (Lipinski definition) is 14. The Kier molecular flexibility index (Phi) is 11.9. The maximum absolute atomic E-state index is 11.5. The molecular formula is C23H47N5O9. The van der Waals surface area contributed by atoms with Crippen LogP contribution < -0.4 is 26.6 Å². The molecule has 1 aliphatic carbocycles. The Labute approximate surface area is 218 Å². The number of hydrogen-bond donors (Lipinski definition) is 10. The third kappa shape index (κ3) is 6.78. The second-order valence-corrected chi connectivity index (χ2v) is 10.0. The van der Waals surface area contributed by atoms with Crippen LogP contribution in [0.4, 0.5) is 0 Å². The van der Waals surface area contributed by atoms with Gasteiger partial charge < -0.3 is 71.1 Å². The quantitative estimate of drug-likeness (QED) is 0.120. The number of nitrogens with one attached hydrogen (secondary N) is 5. The maximum atomic E-state index is 11.5. The lowest BCUT2D eigenvalue weighted by Gasteiger charge is -2.49. The molecule has 0 amide bonds. The highest BCUT2D eigenvalue weighted by Crippen LogP contribution is 2.32. The van der Waals surface area contributed by atoms with Gasteiger partial charge in [-0.2, -0.15) is 0 Å². The zero-order valence-electron chi connectivity index (χ0n) is 22.3. The maximum Gasteiger partial charge on any atom is 0.186 e. The molecule has 14 atom stereocenters. The summed E-state index contributed by atoms with van der Waals surface area (Å²) in [7, 11) is 8.66. The van der Waals surface area contributed by atoms with Crippen molar-refractivity contribution in [2.45, 2.75) is 98.4 Å². The third-order valence-corrected chi connectivity index (χ3v) is 7.85. The predicted octanol–water partition coefficient (Wildman–Crippen LogP) is -4.99. The molecule has 14 heteroatoms. The van der Waals surface area contributed by atoms with E-state index in [-0.39, 0.29) is 18.1 Å². The van der Waals surface area contributed by atoms with Gasteiger partial charge in [0, 0.05) is 18.6 Å². The molecule has 2 saturated heterocycles. The molecule has 3 fully saturated rings. The standard InChI is InChI=1S/C23H47N5O9/c1-24-8-14-13(30)7-12(27-4)22(34-14)36-20-10(25-2)6-11(26-3)21(19(20)33)37-23-18(32)16(28-5)17(31)15(9-29)35-23/h10-33H,6-9H2,1-5H3. The van der Waals surface area contributed by atoms with E-state index in [2.05, 4.69) is 26.6 Å². The summed E-state index contributed by atoms with van der Waals surface area (Å²) in [6.07, 6.45) is -8.33. The summed E-state index contributed by atoms with van der Waals surface area (Å²) in [4.78, 5) is 0. The highest BCUT2D eigenvalue weighted by Gasteiger charge is 2.51. The highest BCUT2D eigenvalue weighted by atomic mass is 16.7. The Morgan fingerprint density at radius 3 is 1.76 bits per heavy atom. The lowest BCUT2D eigenvalue weighted by atomic mass is 9.83. The predicted molar refractivity (Wildman–Crippen MR) is 133 cm³/mol. The van der Waals surface area contributed by atoms with E-state index in [0.29, 0.717) is 19.4 Å². The Bertz CT molecular complexity index is 685. The van der Waals surface area contributed by atoms with E-state index in [9.17, 15) is 25.5 Å². The Morgan fingerprint density at radius 2 is 1.24 bits per heavy atom. The molecule has 2 aliphatic heterocycles. The number of aliphatic hydroxyl groups is 5. The minimum atomic E-state index is -1.26. The van der Waals surface area contributed by atoms with Gasteiger partial charge in [0.25, 0.3) is 0 Å². The van der Waals surface area contributed by atoms with Crippen molar-refractivity contribution in [3.05, 3.63) is 0 Å². The Morgan fingerprint density at radius 1 is 0.676 bits per heavy atom. The molecule has 3 rings (SSSR count). The van der Waals surface area contributed by atoms with Crippen LogP contribution in [0.5, 0.6) is 0 Å². The monoisotopic (exact) mass is 537 g/mol. The molecule has 14 unspecified atom stereocenters. The fourth-order valence-corrected chi connectivity index (χ4v) is 5.62. The highest BCUT2D eigenvalue weighted by molar-refractivity contribution is 5.02. The van der Waals surface area contributed by atoms with E-state index in [1.54, 1.807) is 35.2 Å². The number of rotatable bonds is 11. The molecule has 0 spiro atoms. The van der Waals surface area contributed by atoms with Gasteiger partial charge in [-0.1, -0.05) is 0 Å². The van der Waals surface area contributed by atoms with Crippen LogP contribution in [0.1, 0.15) is 12.8 Å². The molecular weight excluding hydrogens is 490 g/mol. The second-order valence-electron chi connectivity index (χ2n) is 10.0. The van der Waals surface area contributed by atoms with Crippen molar-refractivity contribution >= 4 is 0 Å². The van der Waals surface area contributed by atoms with E-state index in [4.69, 9.17) is 18.9 Å². The number of aliphatic hydroxyl groups excluding tert-OH is 5. The van der Waals surface area contributed by atoms with Gasteiger partial charge in [-0.25, -0.2) is 0 Å². The molecule has 14 nitrogen and oxygen atoms in total. The smallest absolute Gasteiger partial charge is 0.186 e. The molecule has 0 aromatic carbocycles. The van der Waals surface area contributed by atoms with Crippen molar-refractivity contribution < 1.29 is 44.5 Å². The van der Waals surface area contributed by atoms with Crippen LogP contribution in [0.15, 0.2) is 0 Å². The fourth-order valence-electron chi connectivity index (χ4n) is 5.62. The first-order valence-electron chi connectivity index (χ1n) is 13.0. The summed E-state index contributed by atoms with van der Waals surface area (Å²) < 4.78 is 24.3. The number of likely N-dealkylation sites (N-methyl/N-ethyl adjacent to an activating group) is 5. The van der Waals surface area contributed by atoms with Crippen LogP contribution in [0.2, 0.25) is 0 Å². The van der Waals surface area contributed by atoms with E-state index in [1.807, 2.05) is 0 Å². The molecule has 0 aromatic rings. The van der Waals surface area contributed by atoms with Gasteiger partial charge in [0.15, 0.2) is 12.6 Å². The van der Waals surface area contributed by atoms with Crippen molar-refractivity contribution in [3.63, 3.8) is 0 Å². The minimum absolute atomic E-state index is 0.266. The molecule has 1 saturated carbocycles. The van der Waals surface area contributed by atoms with Gasteiger partial charge >= 0.3 is 0 Å². The average molecular weight is 538 g/mol. The molecule has 0 aromatic heterocycles. The molecule has 37 heavy (non-hydrogen) atoms. The third-order valence-electron chi connectivity index (χ3n) is 7.85. The van der Waals surface area contributed by atoms with E-state index >= 15 is 0 Å². The van der Waals surface area contributed by atoms with Crippen LogP contribution in [0.3, 0.4) is 0 Å². The summed E-state index contributed by atoms with van der Waals surface area (Å²) in [5, 5.41) is 68.3. The first-order chi connectivity index (χ1) is 17.7. The van der Waals surface area contributed by atoms with Crippen molar-refractivity contribution in [1.82, 2.24) is 26.6 Å². The lowest BCUT2D eigenvalue weighted by molar-refractivity contribution is -0.318. The summed E-state index contributed by atoms with van der Waals surface area (Å²) in [5.74, 6) is 0. The molecule has 0 bridgehead atoms. The van der Waals surface area contributed by atoms with Gasteiger partial charge in [-0.05, 0) is 48.1 Å². The van der Waals surface area contributed by atoms with Crippen LogP contribution in [-0.2, 0) is 18.9 Å². The van der Waals surface area contributed by atoms with E-state index in [1.165, 1.54) is 0 Å². The van der Waals surface area contributed by atoms with Gasteiger partial charge in [0.2, 0.25) is 0 Å². The molecule has 218 valence electrons. The summed E-state index contributed by atoms with van der Waals surface area (Å²) in [6, 6.07) is -1.70. The van der Waals surface area contributed by atoms with Crippen molar-refractivity contribution in [1.29, 1.82) is 0 Å². The van der Waals surface area contributed by atoms with E-state index < -0.39 is 74.1 Å². The summed E-state index contributed by atoms with van der Waals surface area (Å²) in [6.45, 7) is -0.0264. The van der Waals surface area contributed by atoms with Gasteiger partial charge in [-0.15, -0.1) is 0 Å². The van der Waals surface area contributed by atoms with Crippen LogP contribution in [0.25, 0.3) is 0 Å².